The lowest BCUT2D eigenvalue weighted by atomic mass is 10.2. The molecule has 0 bridgehead atoms. The highest BCUT2D eigenvalue weighted by atomic mass is 127. The fourth-order valence-electron chi connectivity index (χ4n) is 2.77. The summed E-state index contributed by atoms with van der Waals surface area (Å²) in [4.78, 5) is 9.13. The first-order valence-electron chi connectivity index (χ1n) is 8.86. The lowest BCUT2D eigenvalue weighted by Gasteiger charge is -2.10. The van der Waals surface area contributed by atoms with E-state index in [2.05, 4.69) is 33.6 Å². The minimum Gasteiger partial charge on any atom is -0.357 e. The van der Waals surface area contributed by atoms with Gasteiger partial charge < -0.3 is 15.0 Å². The van der Waals surface area contributed by atoms with Crippen LogP contribution in [0.4, 0.5) is 4.39 Å². The maximum atomic E-state index is 13.7. The number of imidazole rings is 1. The minimum absolute atomic E-state index is 0. The van der Waals surface area contributed by atoms with Gasteiger partial charge in [0.25, 0.3) is 0 Å². The third-order valence-electron chi connectivity index (χ3n) is 4.11. The van der Waals surface area contributed by atoms with Gasteiger partial charge >= 0.3 is 0 Å². The lowest BCUT2D eigenvalue weighted by Crippen LogP contribution is -2.38. The second-order valence-corrected chi connectivity index (χ2v) is 6.12. The van der Waals surface area contributed by atoms with Crippen molar-refractivity contribution < 1.29 is 4.39 Å². The van der Waals surface area contributed by atoms with Gasteiger partial charge in [-0.25, -0.2) is 14.4 Å². The summed E-state index contributed by atoms with van der Waals surface area (Å²) in [6.45, 7) is 5.81. The van der Waals surface area contributed by atoms with E-state index in [1.807, 2.05) is 35.9 Å². The Labute approximate surface area is 176 Å². The van der Waals surface area contributed by atoms with Crippen molar-refractivity contribution >= 4 is 35.6 Å². The molecule has 0 atom stereocenters. The van der Waals surface area contributed by atoms with Crippen LogP contribution in [0.2, 0.25) is 0 Å². The fraction of sp³-hybridized carbons (Fsp3) is 0.300. The third kappa shape index (κ3) is 5.66. The molecule has 7 heteroatoms. The fourth-order valence-corrected chi connectivity index (χ4v) is 2.77. The zero-order valence-electron chi connectivity index (χ0n) is 15.6. The van der Waals surface area contributed by atoms with E-state index < -0.39 is 0 Å². The SMILES string of the molecule is CCNC(=NCc1ccccc1F)NCCc1cn2cccc(C)c2n1.I. The summed E-state index contributed by atoms with van der Waals surface area (Å²) in [5, 5.41) is 6.47. The average Bonchev–Trinajstić information content (AvgIpc) is 3.05. The summed E-state index contributed by atoms with van der Waals surface area (Å²) in [7, 11) is 0. The quantitative estimate of drug-likeness (QED) is 0.321. The van der Waals surface area contributed by atoms with E-state index in [1.54, 1.807) is 12.1 Å². The molecule has 2 heterocycles. The van der Waals surface area contributed by atoms with Gasteiger partial charge in [-0.2, -0.15) is 0 Å². The number of nitrogens with zero attached hydrogens (tertiary/aromatic N) is 3. The van der Waals surface area contributed by atoms with Crippen molar-refractivity contribution in [2.24, 2.45) is 4.99 Å². The first-order valence-corrected chi connectivity index (χ1v) is 8.86. The van der Waals surface area contributed by atoms with E-state index in [-0.39, 0.29) is 29.8 Å². The highest BCUT2D eigenvalue weighted by molar-refractivity contribution is 14.0. The molecule has 1 aromatic carbocycles. The lowest BCUT2D eigenvalue weighted by molar-refractivity contribution is 0.610. The normalized spacial score (nSPS) is 11.3. The van der Waals surface area contributed by atoms with E-state index in [0.29, 0.717) is 24.6 Å². The number of hydrogen-bond donors (Lipinski definition) is 2. The molecule has 3 aromatic rings. The standard InChI is InChI=1S/C20H24FN5.HI/c1-3-22-20(24-13-16-8-4-5-9-18(16)21)23-11-10-17-14-26-12-6-7-15(2)19(26)25-17;/h4-9,12,14H,3,10-11,13H2,1-2H3,(H2,22,23,24);1H. The number of halogens is 2. The Morgan fingerprint density at radius 3 is 2.74 bits per heavy atom. The molecular weight excluding hydrogens is 456 g/mol. The Morgan fingerprint density at radius 1 is 1.19 bits per heavy atom. The Bertz CT molecular complexity index is 906. The van der Waals surface area contributed by atoms with Crippen LogP contribution in [0.1, 0.15) is 23.7 Å². The Morgan fingerprint density at radius 2 is 2.00 bits per heavy atom. The number of pyridine rings is 1. The van der Waals surface area contributed by atoms with Gasteiger partial charge in [0.05, 0.1) is 12.2 Å². The Balaban J connectivity index is 0.00000261. The van der Waals surface area contributed by atoms with Crippen molar-refractivity contribution in [3.63, 3.8) is 0 Å². The van der Waals surface area contributed by atoms with Crippen LogP contribution in [0.25, 0.3) is 5.65 Å². The summed E-state index contributed by atoms with van der Waals surface area (Å²) in [6, 6.07) is 10.8. The number of nitrogens with one attached hydrogen (secondary N) is 2. The monoisotopic (exact) mass is 481 g/mol. The second-order valence-electron chi connectivity index (χ2n) is 6.12. The van der Waals surface area contributed by atoms with Gasteiger partial charge in [0.2, 0.25) is 0 Å². The van der Waals surface area contributed by atoms with Gasteiger partial charge in [-0.3, -0.25) is 0 Å². The highest BCUT2D eigenvalue weighted by Crippen LogP contribution is 2.10. The maximum absolute atomic E-state index is 13.7. The number of fused-ring (bicyclic) bond motifs is 1. The second kappa shape index (κ2) is 10.2. The summed E-state index contributed by atoms with van der Waals surface area (Å²) >= 11 is 0. The van der Waals surface area contributed by atoms with E-state index >= 15 is 0 Å². The minimum atomic E-state index is -0.229. The largest absolute Gasteiger partial charge is 0.357 e. The predicted molar refractivity (Wildman–Crippen MR) is 118 cm³/mol. The molecule has 0 aliphatic rings. The number of aromatic nitrogens is 2. The molecule has 2 N–H and O–H groups in total. The van der Waals surface area contributed by atoms with Crippen molar-refractivity contribution in [1.29, 1.82) is 0 Å². The molecule has 3 rings (SSSR count). The van der Waals surface area contributed by atoms with Crippen molar-refractivity contribution in [3.05, 3.63) is 71.4 Å². The molecule has 5 nitrogen and oxygen atoms in total. The summed E-state index contributed by atoms with van der Waals surface area (Å²) < 4.78 is 15.8. The summed E-state index contributed by atoms with van der Waals surface area (Å²) in [5.41, 5.74) is 3.76. The van der Waals surface area contributed by atoms with Gasteiger partial charge in [-0.05, 0) is 31.5 Å². The van der Waals surface area contributed by atoms with E-state index in [9.17, 15) is 4.39 Å². The van der Waals surface area contributed by atoms with Gasteiger partial charge in [-0.15, -0.1) is 24.0 Å². The topological polar surface area (TPSA) is 53.7 Å². The van der Waals surface area contributed by atoms with Crippen LogP contribution in [0.15, 0.2) is 53.8 Å². The summed E-state index contributed by atoms with van der Waals surface area (Å²) in [5.74, 6) is 0.447. The first-order chi connectivity index (χ1) is 12.7. The number of aryl methyl sites for hydroxylation is 1. The first kappa shape index (κ1) is 21.1. The molecule has 0 radical (unpaired) electrons. The Kier molecular flexibility index (Phi) is 8.02. The van der Waals surface area contributed by atoms with Gasteiger partial charge in [-0.1, -0.05) is 24.3 Å². The van der Waals surface area contributed by atoms with E-state index in [1.165, 1.54) is 6.07 Å². The number of hydrogen-bond acceptors (Lipinski definition) is 2. The molecule has 27 heavy (non-hydrogen) atoms. The average molecular weight is 481 g/mol. The molecule has 0 saturated carbocycles. The molecule has 144 valence electrons. The van der Waals surface area contributed by atoms with Crippen LogP contribution in [0.3, 0.4) is 0 Å². The molecule has 0 aliphatic carbocycles. The number of benzene rings is 1. The molecule has 0 fully saturated rings. The van der Waals surface area contributed by atoms with Crippen molar-refractivity contribution in [2.45, 2.75) is 26.8 Å². The molecule has 0 amide bonds. The number of aliphatic imine (C=N–C) groups is 1. The van der Waals surface area contributed by atoms with Crippen LogP contribution in [-0.2, 0) is 13.0 Å². The van der Waals surface area contributed by atoms with Gasteiger partial charge in [0, 0.05) is 37.5 Å². The molecule has 0 unspecified atom stereocenters. The third-order valence-corrected chi connectivity index (χ3v) is 4.11. The van der Waals surface area contributed by atoms with Crippen LogP contribution >= 0.6 is 24.0 Å². The number of guanidine groups is 1. The van der Waals surface area contributed by atoms with Crippen molar-refractivity contribution in [3.8, 4) is 0 Å². The Hall–Kier alpha value is -2.16. The zero-order valence-corrected chi connectivity index (χ0v) is 17.9. The highest BCUT2D eigenvalue weighted by Gasteiger charge is 2.05. The van der Waals surface area contributed by atoms with Crippen molar-refractivity contribution in [1.82, 2.24) is 20.0 Å². The molecule has 0 spiro atoms. The van der Waals surface area contributed by atoms with E-state index in [4.69, 9.17) is 0 Å². The molecule has 0 aliphatic heterocycles. The van der Waals surface area contributed by atoms with Crippen LogP contribution in [0, 0.1) is 12.7 Å². The van der Waals surface area contributed by atoms with E-state index in [0.717, 1.165) is 29.9 Å². The van der Waals surface area contributed by atoms with Crippen LogP contribution in [0.5, 0.6) is 0 Å². The smallest absolute Gasteiger partial charge is 0.191 e. The van der Waals surface area contributed by atoms with Crippen LogP contribution < -0.4 is 10.6 Å². The number of rotatable bonds is 6. The molecule has 2 aromatic heterocycles. The van der Waals surface area contributed by atoms with Gasteiger partial charge in [0.1, 0.15) is 11.5 Å². The summed E-state index contributed by atoms with van der Waals surface area (Å²) in [6.07, 6.45) is 4.84. The van der Waals surface area contributed by atoms with Crippen molar-refractivity contribution in [2.75, 3.05) is 13.1 Å². The maximum Gasteiger partial charge on any atom is 0.191 e. The molecular formula is C20H25FIN5. The van der Waals surface area contributed by atoms with Crippen LogP contribution in [-0.4, -0.2) is 28.4 Å². The zero-order chi connectivity index (χ0) is 18.4. The van der Waals surface area contributed by atoms with Gasteiger partial charge in [0.15, 0.2) is 5.96 Å². The predicted octanol–water partition coefficient (Wildman–Crippen LogP) is 3.70. The molecule has 0 saturated heterocycles.